The largest absolute Gasteiger partial charge is 0.493 e. The van der Waals surface area contributed by atoms with E-state index < -0.39 is 0 Å². The van der Waals surface area contributed by atoms with E-state index in [0.29, 0.717) is 24.6 Å². The molecule has 1 atom stereocenters. The van der Waals surface area contributed by atoms with Gasteiger partial charge in [0.05, 0.1) is 27.2 Å². The molecule has 0 aliphatic rings. The summed E-state index contributed by atoms with van der Waals surface area (Å²) in [7, 11) is 4.51. The normalized spacial score (nSPS) is 11.9. The SMILES string of the molecule is CCCCCN(CC(C)C(=O)OC)C(=O)/C=C/c1ccc(OC)c(OC)c1. The lowest BCUT2D eigenvalue weighted by Gasteiger charge is -2.24. The second-order valence-corrected chi connectivity index (χ2v) is 6.36. The zero-order valence-electron chi connectivity index (χ0n) is 17.0. The van der Waals surface area contributed by atoms with E-state index in [9.17, 15) is 9.59 Å². The topological polar surface area (TPSA) is 65.1 Å². The van der Waals surface area contributed by atoms with Crippen LogP contribution in [0.4, 0.5) is 0 Å². The quantitative estimate of drug-likeness (QED) is 0.335. The van der Waals surface area contributed by atoms with Gasteiger partial charge in [-0.1, -0.05) is 32.8 Å². The van der Waals surface area contributed by atoms with Crippen molar-refractivity contribution in [2.24, 2.45) is 5.92 Å². The van der Waals surface area contributed by atoms with Gasteiger partial charge in [-0.2, -0.15) is 0 Å². The van der Waals surface area contributed by atoms with Crippen molar-refractivity contribution < 1.29 is 23.8 Å². The average Bonchev–Trinajstić information content (AvgIpc) is 2.70. The highest BCUT2D eigenvalue weighted by atomic mass is 16.5. The molecule has 0 saturated heterocycles. The number of carbonyl (C=O) groups is 2. The summed E-state index contributed by atoms with van der Waals surface area (Å²) in [6.45, 7) is 4.83. The van der Waals surface area contributed by atoms with Gasteiger partial charge in [-0.3, -0.25) is 9.59 Å². The van der Waals surface area contributed by atoms with Gasteiger partial charge in [0, 0.05) is 19.2 Å². The molecule has 0 aliphatic heterocycles. The van der Waals surface area contributed by atoms with Crippen molar-refractivity contribution in [3.63, 3.8) is 0 Å². The van der Waals surface area contributed by atoms with Gasteiger partial charge >= 0.3 is 5.97 Å². The molecule has 0 spiro atoms. The lowest BCUT2D eigenvalue weighted by Crippen LogP contribution is -2.37. The number of nitrogens with zero attached hydrogens (tertiary/aromatic N) is 1. The van der Waals surface area contributed by atoms with E-state index >= 15 is 0 Å². The van der Waals surface area contributed by atoms with Crippen molar-refractivity contribution in [2.45, 2.75) is 33.1 Å². The summed E-state index contributed by atoms with van der Waals surface area (Å²) in [6, 6.07) is 5.45. The van der Waals surface area contributed by atoms with Gasteiger partial charge in [0.2, 0.25) is 5.91 Å². The third-order valence-electron chi connectivity index (χ3n) is 4.27. The van der Waals surface area contributed by atoms with Crippen LogP contribution in [0.15, 0.2) is 24.3 Å². The van der Waals surface area contributed by atoms with Gasteiger partial charge in [0.1, 0.15) is 0 Å². The van der Waals surface area contributed by atoms with Gasteiger partial charge in [0.25, 0.3) is 0 Å². The van der Waals surface area contributed by atoms with Gasteiger partial charge in [0.15, 0.2) is 11.5 Å². The van der Waals surface area contributed by atoms with Gasteiger partial charge in [-0.15, -0.1) is 0 Å². The summed E-state index contributed by atoms with van der Waals surface area (Å²) in [5, 5.41) is 0. The zero-order valence-corrected chi connectivity index (χ0v) is 17.0. The molecular weight excluding hydrogens is 346 g/mol. The molecule has 0 saturated carbocycles. The maximum absolute atomic E-state index is 12.7. The van der Waals surface area contributed by atoms with Crippen LogP contribution in [0.25, 0.3) is 6.08 Å². The number of hydrogen-bond acceptors (Lipinski definition) is 5. The van der Waals surface area contributed by atoms with Gasteiger partial charge < -0.3 is 19.1 Å². The fourth-order valence-electron chi connectivity index (χ4n) is 2.68. The number of hydrogen-bond donors (Lipinski definition) is 0. The number of carbonyl (C=O) groups excluding carboxylic acids is 2. The van der Waals surface area contributed by atoms with Crippen molar-refractivity contribution >= 4 is 18.0 Å². The number of amides is 1. The van der Waals surface area contributed by atoms with E-state index in [-0.39, 0.29) is 17.8 Å². The number of ether oxygens (including phenoxy) is 3. The summed E-state index contributed by atoms with van der Waals surface area (Å²) in [5.41, 5.74) is 0.829. The molecule has 0 heterocycles. The summed E-state index contributed by atoms with van der Waals surface area (Å²) < 4.78 is 15.3. The van der Waals surface area contributed by atoms with E-state index in [1.165, 1.54) is 13.2 Å². The second-order valence-electron chi connectivity index (χ2n) is 6.36. The third kappa shape index (κ3) is 7.33. The molecule has 6 heteroatoms. The van der Waals surface area contributed by atoms with Crippen molar-refractivity contribution in [3.05, 3.63) is 29.8 Å². The van der Waals surface area contributed by atoms with E-state index in [4.69, 9.17) is 14.2 Å². The Balaban J connectivity index is 2.87. The second kappa shape index (κ2) is 12.0. The first-order chi connectivity index (χ1) is 13.0. The summed E-state index contributed by atoms with van der Waals surface area (Å²) in [4.78, 5) is 26.1. The summed E-state index contributed by atoms with van der Waals surface area (Å²) >= 11 is 0. The standard InChI is InChI=1S/C21H31NO5/c1-6-7-8-13-22(15-16(2)21(24)27-5)20(23)12-10-17-9-11-18(25-3)19(14-17)26-4/h9-12,14,16H,6-8,13,15H2,1-5H3/b12-10+. The fraction of sp³-hybridized carbons (Fsp3) is 0.524. The predicted octanol–water partition coefficient (Wildman–Crippen LogP) is 3.54. The van der Waals surface area contributed by atoms with Crippen LogP contribution in [-0.4, -0.2) is 51.2 Å². The number of rotatable bonds is 11. The highest BCUT2D eigenvalue weighted by molar-refractivity contribution is 5.92. The van der Waals surface area contributed by atoms with Gasteiger partial charge in [-0.25, -0.2) is 0 Å². The Morgan fingerprint density at radius 3 is 2.41 bits per heavy atom. The Morgan fingerprint density at radius 1 is 1.11 bits per heavy atom. The van der Waals surface area contributed by atoms with Crippen molar-refractivity contribution in [2.75, 3.05) is 34.4 Å². The van der Waals surface area contributed by atoms with E-state index in [0.717, 1.165) is 24.8 Å². The Labute approximate surface area is 162 Å². The average molecular weight is 377 g/mol. The fourth-order valence-corrected chi connectivity index (χ4v) is 2.68. The molecule has 0 bridgehead atoms. The summed E-state index contributed by atoms with van der Waals surface area (Å²) in [5.74, 6) is 0.430. The Bertz CT molecular complexity index is 641. The van der Waals surface area contributed by atoms with E-state index in [1.54, 1.807) is 44.3 Å². The first-order valence-electron chi connectivity index (χ1n) is 9.23. The summed E-state index contributed by atoms with van der Waals surface area (Å²) in [6.07, 6.45) is 6.27. The van der Waals surface area contributed by atoms with Crippen molar-refractivity contribution in [3.8, 4) is 11.5 Å². The Hall–Kier alpha value is -2.50. The molecule has 27 heavy (non-hydrogen) atoms. The Kier molecular flexibility index (Phi) is 10.0. The minimum Gasteiger partial charge on any atom is -0.493 e. The molecule has 1 rings (SSSR count). The number of esters is 1. The van der Waals surface area contributed by atoms with Crippen LogP contribution < -0.4 is 9.47 Å². The monoisotopic (exact) mass is 377 g/mol. The van der Waals surface area contributed by atoms with Crippen LogP contribution >= 0.6 is 0 Å². The predicted molar refractivity (Wildman–Crippen MR) is 106 cm³/mol. The molecular formula is C21H31NO5. The first-order valence-corrected chi connectivity index (χ1v) is 9.23. The van der Waals surface area contributed by atoms with Crippen LogP contribution in [0.1, 0.15) is 38.7 Å². The van der Waals surface area contributed by atoms with Crippen molar-refractivity contribution in [1.82, 2.24) is 4.90 Å². The molecule has 0 N–H and O–H groups in total. The first kappa shape index (κ1) is 22.5. The van der Waals surface area contributed by atoms with Crippen LogP contribution in [0.3, 0.4) is 0 Å². The maximum Gasteiger partial charge on any atom is 0.310 e. The smallest absolute Gasteiger partial charge is 0.310 e. The molecule has 6 nitrogen and oxygen atoms in total. The molecule has 1 aromatic rings. The number of benzene rings is 1. The van der Waals surface area contributed by atoms with E-state index in [1.807, 2.05) is 6.07 Å². The van der Waals surface area contributed by atoms with Crippen LogP contribution in [0.5, 0.6) is 11.5 Å². The molecule has 1 aromatic carbocycles. The van der Waals surface area contributed by atoms with Crippen LogP contribution in [0.2, 0.25) is 0 Å². The molecule has 0 fully saturated rings. The minimum atomic E-state index is -0.366. The van der Waals surface area contributed by atoms with Crippen LogP contribution in [0, 0.1) is 5.92 Å². The minimum absolute atomic E-state index is 0.128. The molecule has 0 aliphatic carbocycles. The zero-order chi connectivity index (χ0) is 20.2. The maximum atomic E-state index is 12.7. The molecule has 1 unspecified atom stereocenters. The number of unbranched alkanes of at least 4 members (excludes halogenated alkanes) is 2. The van der Waals surface area contributed by atoms with Gasteiger partial charge in [-0.05, 0) is 30.2 Å². The van der Waals surface area contributed by atoms with Crippen molar-refractivity contribution in [1.29, 1.82) is 0 Å². The van der Waals surface area contributed by atoms with Crippen LogP contribution in [-0.2, 0) is 14.3 Å². The number of methoxy groups -OCH3 is 3. The highest BCUT2D eigenvalue weighted by Crippen LogP contribution is 2.28. The lowest BCUT2D eigenvalue weighted by molar-refractivity contribution is -0.146. The Morgan fingerprint density at radius 2 is 1.81 bits per heavy atom. The molecule has 0 aromatic heterocycles. The third-order valence-corrected chi connectivity index (χ3v) is 4.27. The highest BCUT2D eigenvalue weighted by Gasteiger charge is 2.20. The lowest BCUT2D eigenvalue weighted by atomic mass is 10.1. The molecule has 0 radical (unpaired) electrons. The van der Waals surface area contributed by atoms with E-state index in [2.05, 4.69) is 6.92 Å². The molecule has 1 amide bonds. The molecule has 150 valence electrons.